The van der Waals surface area contributed by atoms with E-state index < -0.39 is 10.8 Å². The molecule has 23 heavy (non-hydrogen) atoms. The first-order valence-electron chi connectivity index (χ1n) is 6.63. The highest BCUT2D eigenvalue weighted by atomic mass is 16.6. The van der Waals surface area contributed by atoms with Crippen molar-refractivity contribution in [3.8, 4) is 0 Å². The van der Waals surface area contributed by atoms with Crippen molar-refractivity contribution in [3.63, 3.8) is 0 Å². The van der Waals surface area contributed by atoms with Crippen molar-refractivity contribution >= 4 is 17.2 Å². The van der Waals surface area contributed by atoms with E-state index in [1.807, 2.05) is 36.4 Å². The van der Waals surface area contributed by atoms with Crippen LogP contribution in [0.3, 0.4) is 0 Å². The fourth-order valence-corrected chi connectivity index (χ4v) is 1.92. The summed E-state index contributed by atoms with van der Waals surface area (Å²) in [6.45, 7) is 0. The summed E-state index contributed by atoms with van der Waals surface area (Å²) < 4.78 is 0. The molecule has 0 saturated heterocycles. The maximum atomic E-state index is 11.3. The highest BCUT2D eigenvalue weighted by Crippen LogP contribution is 2.25. The molecule has 0 fully saturated rings. The van der Waals surface area contributed by atoms with Crippen molar-refractivity contribution in [3.05, 3.63) is 76.6 Å². The van der Waals surface area contributed by atoms with E-state index in [4.69, 9.17) is 0 Å². The Hall–Kier alpha value is -3.62. The number of hydrazone groups is 1. The highest BCUT2D eigenvalue weighted by Gasteiger charge is 2.26. The predicted molar refractivity (Wildman–Crippen MR) is 82.7 cm³/mol. The van der Waals surface area contributed by atoms with Gasteiger partial charge in [0.15, 0.2) is 0 Å². The van der Waals surface area contributed by atoms with Crippen LogP contribution in [0.1, 0.15) is 5.82 Å². The molecular formula is C14H11N7O2. The molecule has 0 atom stereocenters. The van der Waals surface area contributed by atoms with Gasteiger partial charge in [-0.05, 0) is 34.4 Å². The summed E-state index contributed by atoms with van der Waals surface area (Å²) in [5, 5.41) is 29.7. The molecule has 0 amide bonds. The van der Waals surface area contributed by atoms with Gasteiger partial charge in [-0.2, -0.15) is 5.21 Å². The van der Waals surface area contributed by atoms with Crippen molar-refractivity contribution in [2.75, 3.05) is 5.01 Å². The standard InChI is InChI=1S/C14H11N7O2/c22-21(23)14(13-15-18-19-16-13)17-20(11-7-3-1-4-8-11)12-9-5-2-6-10-12/h1-10H,(H,15,16,18,19)/b17-14-. The Labute approximate surface area is 130 Å². The smallest absolute Gasteiger partial charge is 0.358 e. The van der Waals surface area contributed by atoms with Gasteiger partial charge in [0.2, 0.25) is 0 Å². The second-order valence-electron chi connectivity index (χ2n) is 4.40. The van der Waals surface area contributed by atoms with E-state index >= 15 is 0 Å². The summed E-state index contributed by atoms with van der Waals surface area (Å²) in [6.07, 6.45) is 0. The maximum absolute atomic E-state index is 11.3. The number of nitrogens with zero attached hydrogens (tertiary/aromatic N) is 6. The van der Waals surface area contributed by atoms with Crippen molar-refractivity contribution in [2.45, 2.75) is 0 Å². The van der Waals surface area contributed by atoms with Crippen LogP contribution in [0, 0.1) is 10.1 Å². The van der Waals surface area contributed by atoms with Crippen LogP contribution in [0.15, 0.2) is 65.8 Å². The van der Waals surface area contributed by atoms with E-state index in [-0.39, 0.29) is 5.82 Å². The monoisotopic (exact) mass is 309 g/mol. The van der Waals surface area contributed by atoms with Crippen LogP contribution in [0.2, 0.25) is 0 Å². The highest BCUT2D eigenvalue weighted by molar-refractivity contribution is 5.89. The van der Waals surface area contributed by atoms with E-state index in [0.717, 1.165) is 0 Å². The van der Waals surface area contributed by atoms with E-state index in [1.54, 1.807) is 24.3 Å². The molecule has 114 valence electrons. The molecule has 9 heteroatoms. The number of hydrogen-bond donors (Lipinski definition) is 1. The average Bonchev–Trinajstić information content (AvgIpc) is 3.11. The van der Waals surface area contributed by atoms with Crippen molar-refractivity contribution in [1.29, 1.82) is 0 Å². The van der Waals surface area contributed by atoms with Gasteiger partial charge < -0.3 is 10.1 Å². The number of rotatable bonds is 4. The molecule has 0 aliphatic rings. The number of hydrogen-bond acceptors (Lipinski definition) is 7. The van der Waals surface area contributed by atoms with Crippen molar-refractivity contribution in [2.24, 2.45) is 5.10 Å². The molecule has 1 N–H and O–H groups in total. The zero-order chi connectivity index (χ0) is 16.1. The molecule has 0 bridgehead atoms. The molecule has 0 aliphatic heterocycles. The normalized spacial score (nSPS) is 11.2. The Morgan fingerprint density at radius 1 is 1.04 bits per heavy atom. The minimum Gasteiger partial charge on any atom is -0.358 e. The lowest BCUT2D eigenvalue weighted by molar-refractivity contribution is -0.349. The fraction of sp³-hybridized carbons (Fsp3) is 0. The Kier molecular flexibility index (Phi) is 4.01. The third kappa shape index (κ3) is 3.18. The van der Waals surface area contributed by atoms with E-state index in [1.165, 1.54) is 5.01 Å². The SMILES string of the molecule is O=[N+]([O-])/C(=N\N(c1ccccc1)c1ccccc1)c1nn[nH]n1. The number of nitro groups is 1. The van der Waals surface area contributed by atoms with Gasteiger partial charge in [-0.25, -0.2) is 0 Å². The molecule has 9 nitrogen and oxygen atoms in total. The van der Waals surface area contributed by atoms with Gasteiger partial charge >= 0.3 is 5.84 Å². The fourth-order valence-electron chi connectivity index (χ4n) is 1.92. The van der Waals surface area contributed by atoms with Crippen LogP contribution in [0.25, 0.3) is 0 Å². The van der Waals surface area contributed by atoms with Gasteiger partial charge in [0.1, 0.15) is 0 Å². The second kappa shape index (κ2) is 6.43. The Morgan fingerprint density at radius 3 is 2.04 bits per heavy atom. The summed E-state index contributed by atoms with van der Waals surface area (Å²) in [5.74, 6) is -0.696. The number of para-hydroxylation sites is 2. The topological polar surface area (TPSA) is 113 Å². The van der Waals surface area contributed by atoms with Gasteiger partial charge in [0.25, 0.3) is 5.82 Å². The maximum Gasteiger partial charge on any atom is 0.437 e. The molecule has 1 heterocycles. The molecule has 0 aliphatic carbocycles. The van der Waals surface area contributed by atoms with Gasteiger partial charge in [-0.3, -0.25) is 0 Å². The second-order valence-corrected chi connectivity index (χ2v) is 4.40. The van der Waals surface area contributed by atoms with Crippen LogP contribution < -0.4 is 5.01 Å². The molecule has 0 saturated carbocycles. The first kappa shape index (κ1) is 14.3. The Morgan fingerprint density at radius 2 is 1.61 bits per heavy atom. The lowest BCUT2D eigenvalue weighted by atomic mass is 10.2. The zero-order valence-electron chi connectivity index (χ0n) is 11.8. The minimum absolute atomic E-state index is 0.188. The van der Waals surface area contributed by atoms with Gasteiger partial charge in [0, 0.05) is 0 Å². The quantitative estimate of drug-likeness (QED) is 0.341. The molecular weight excluding hydrogens is 298 g/mol. The number of amidine groups is 1. The summed E-state index contributed by atoms with van der Waals surface area (Å²) in [4.78, 5) is 10.7. The third-order valence-corrected chi connectivity index (χ3v) is 2.91. The molecule has 0 unspecified atom stereocenters. The number of H-pyrrole nitrogens is 1. The lowest BCUT2D eigenvalue weighted by Crippen LogP contribution is -2.21. The Balaban J connectivity index is 2.12. The molecule has 1 aromatic heterocycles. The van der Waals surface area contributed by atoms with Crippen molar-refractivity contribution in [1.82, 2.24) is 20.6 Å². The lowest BCUT2D eigenvalue weighted by Gasteiger charge is -2.13. The van der Waals surface area contributed by atoms with Crippen LogP contribution in [-0.2, 0) is 0 Å². The van der Waals surface area contributed by atoms with Crippen LogP contribution in [0.4, 0.5) is 11.4 Å². The first-order valence-corrected chi connectivity index (χ1v) is 6.63. The number of benzene rings is 2. The average molecular weight is 309 g/mol. The zero-order valence-corrected chi connectivity index (χ0v) is 11.8. The van der Waals surface area contributed by atoms with Crippen LogP contribution in [0.5, 0.6) is 0 Å². The minimum atomic E-state index is -0.649. The van der Waals surface area contributed by atoms with Gasteiger partial charge in [-0.15, -0.1) is 10.1 Å². The number of nitrogens with one attached hydrogen (secondary N) is 1. The summed E-state index contributed by atoms with van der Waals surface area (Å²) in [6, 6.07) is 18.2. The van der Waals surface area contributed by atoms with Crippen LogP contribution >= 0.6 is 0 Å². The van der Waals surface area contributed by atoms with Crippen molar-refractivity contribution < 1.29 is 4.92 Å². The molecule has 2 aromatic carbocycles. The van der Waals surface area contributed by atoms with E-state index in [0.29, 0.717) is 11.4 Å². The largest absolute Gasteiger partial charge is 0.437 e. The number of aromatic nitrogens is 4. The van der Waals surface area contributed by atoms with E-state index in [2.05, 4.69) is 25.7 Å². The summed E-state index contributed by atoms with van der Waals surface area (Å²) in [5.41, 5.74) is 1.34. The number of aromatic amines is 1. The van der Waals surface area contributed by atoms with E-state index in [9.17, 15) is 10.1 Å². The molecule has 0 spiro atoms. The third-order valence-electron chi connectivity index (χ3n) is 2.91. The van der Waals surface area contributed by atoms with Gasteiger partial charge in [-0.1, -0.05) is 41.5 Å². The Bertz CT molecular complexity index is 764. The van der Waals surface area contributed by atoms with Crippen LogP contribution in [-0.4, -0.2) is 31.4 Å². The van der Waals surface area contributed by atoms with Gasteiger partial charge in [0.05, 0.1) is 16.5 Å². The summed E-state index contributed by atoms with van der Waals surface area (Å²) >= 11 is 0. The predicted octanol–water partition coefficient (Wildman–Crippen LogP) is 1.98. The summed E-state index contributed by atoms with van der Waals surface area (Å²) in [7, 11) is 0. The molecule has 0 radical (unpaired) electrons. The molecule has 3 aromatic rings. The first-order chi connectivity index (χ1) is 11.3. The molecule has 3 rings (SSSR count). The number of anilines is 2. The number of tetrazole rings is 1.